The highest BCUT2D eigenvalue weighted by atomic mass is 19.1. The Hall–Kier alpha value is -2.14. The molecular weight excluding hydrogens is 259 g/mol. The second kappa shape index (κ2) is 7.45. The van der Waals surface area contributed by atoms with E-state index in [4.69, 9.17) is 9.47 Å². The largest absolute Gasteiger partial charge is 0.490 e. The minimum atomic E-state index is -0.372. The average molecular weight is 276 g/mol. The molecule has 0 aliphatic carbocycles. The van der Waals surface area contributed by atoms with Crippen molar-refractivity contribution in [1.29, 1.82) is 0 Å². The average Bonchev–Trinajstić information content (AvgIpc) is 2.47. The van der Waals surface area contributed by atoms with Gasteiger partial charge in [0.05, 0.1) is 6.20 Å². The number of ether oxygens (including phenoxy) is 2. The second-order valence-corrected chi connectivity index (χ2v) is 4.16. The molecule has 0 spiro atoms. The van der Waals surface area contributed by atoms with Crippen LogP contribution >= 0.6 is 0 Å². The molecule has 0 atom stereocenters. The summed E-state index contributed by atoms with van der Waals surface area (Å²) in [7, 11) is 1.78. The molecule has 1 aromatic heterocycles. The van der Waals surface area contributed by atoms with Crippen molar-refractivity contribution in [3.05, 3.63) is 54.0 Å². The topological polar surface area (TPSA) is 43.4 Å². The van der Waals surface area contributed by atoms with Gasteiger partial charge in [-0.1, -0.05) is 18.2 Å². The maximum Gasteiger partial charge on any atom is 0.218 e. The van der Waals surface area contributed by atoms with Gasteiger partial charge in [0.1, 0.15) is 24.8 Å². The minimum Gasteiger partial charge on any atom is -0.490 e. The molecule has 2 rings (SSSR count). The van der Waals surface area contributed by atoms with Gasteiger partial charge in [0.25, 0.3) is 0 Å². The molecule has 0 bridgehead atoms. The van der Waals surface area contributed by atoms with Crippen LogP contribution < -0.4 is 14.8 Å². The van der Waals surface area contributed by atoms with E-state index in [1.54, 1.807) is 7.05 Å². The zero-order valence-electron chi connectivity index (χ0n) is 11.3. The molecule has 0 aliphatic rings. The third-order valence-electron chi connectivity index (χ3n) is 2.59. The summed E-state index contributed by atoms with van der Waals surface area (Å²) in [6.07, 6.45) is 1.15. The Balaban J connectivity index is 1.84. The van der Waals surface area contributed by atoms with Crippen LogP contribution in [0.5, 0.6) is 11.6 Å². The van der Waals surface area contributed by atoms with Crippen LogP contribution in [0, 0.1) is 5.82 Å². The fraction of sp³-hybridized carbons (Fsp3) is 0.267. The molecule has 4 nitrogen and oxygen atoms in total. The van der Waals surface area contributed by atoms with Gasteiger partial charge < -0.3 is 14.8 Å². The number of para-hydroxylation sites is 1. The predicted molar refractivity (Wildman–Crippen MR) is 74.4 cm³/mol. The Bertz CT molecular complexity index is 535. The number of hydrogen-bond donors (Lipinski definition) is 1. The summed E-state index contributed by atoms with van der Waals surface area (Å²) in [5.41, 5.74) is 0.687. The van der Waals surface area contributed by atoms with Gasteiger partial charge in [-0.05, 0) is 25.2 Å². The molecule has 1 aromatic carbocycles. The number of nitrogens with zero attached hydrogens (tertiary/aromatic N) is 1. The van der Waals surface area contributed by atoms with Gasteiger partial charge in [0.2, 0.25) is 5.88 Å². The first-order valence-electron chi connectivity index (χ1n) is 6.39. The van der Waals surface area contributed by atoms with E-state index in [1.165, 1.54) is 6.07 Å². The van der Waals surface area contributed by atoms with Crippen LogP contribution in [0.3, 0.4) is 0 Å². The van der Waals surface area contributed by atoms with Crippen LogP contribution in [0.4, 0.5) is 4.39 Å². The van der Waals surface area contributed by atoms with Crippen molar-refractivity contribution in [2.75, 3.05) is 20.3 Å². The summed E-state index contributed by atoms with van der Waals surface area (Å²) in [6, 6.07) is 10.9. The summed E-state index contributed by atoms with van der Waals surface area (Å²) in [5, 5.41) is 2.95. The monoisotopic (exact) mass is 276 g/mol. The third-order valence-corrected chi connectivity index (χ3v) is 2.59. The number of benzene rings is 1. The molecule has 0 aliphatic heterocycles. The zero-order chi connectivity index (χ0) is 14.2. The van der Waals surface area contributed by atoms with Crippen molar-refractivity contribution in [1.82, 2.24) is 10.3 Å². The first kappa shape index (κ1) is 14.3. The van der Waals surface area contributed by atoms with E-state index < -0.39 is 0 Å². The Labute approximate surface area is 117 Å². The smallest absolute Gasteiger partial charge is 0.218 e. The van der Waals surface area contributed by atoms with Crippen molar-refractivity contribution < 1.29 is 13.9 Å². The molecule has 5 heteroatoms. The highest BCUT2D eigenvalue weighted by Crippen LogP contribution is 2.16. The van der Waals surface area contributed by atoms with Gasteiger partial charge in [0, 0.05) is 12.1 Å². The fourth-order valence-corrected chi connectivity index (χ4v) is 1.73. The van der Waals surface area contributed by atoms with Crippen LogP contribution in [-0.4, -0.2) is 25.2 Å². The van der Waals surface area contributed by atoms with E-state index in [9.17, 15) is 4.39 Å². The Morgan fingerprint density at radius 1 is 1.15 bits per heavy atom. The minimum absolute atomic E-state index is 0.351. The normalized spacial score (nSPS) is 10.3. The number of hydrogen-bond acceptors (Lipinski definition) is 4. The Kier molecular flexibility index (Phi) is 5.32. The van der Waals surface area contributed by atoms with Crippen molar-refractivity contribution in [3.63, 3.8) is 0 Å². The summed E-state index contributed by atoms with van der Waals surface area (Å²) in [5.74, 6) is 0.846. The van der Waals surface area contributed by atoms with E-state index in [1.807, 2.05) is 30.3 Å². The number of pyridine rings is 1. The lowest BCUT2D eigenvalue weighted by molar-refractivity contribution is 0.210. The van der Waals surface area contributed by atoms with E-state index in [-0.39, 0.29) is 5.82 Å². The summed E-state index contributed by atoms with van der Waals surface area (Å²) in [4.78, 5) is 3.95. The molecular formula is C15H17FN2O2. The second-order valence-electron chi connectivity index (χ2n) is 4.16. The molecule has 106 valence electrons. The van der Waals surface area contributed by atoms with Crippen LogP contribution in [-0.2, 0) is 6.54 Å². The van der Waals surface area contributed by atoms with E-state index in [0.29, 0.717) is 31.2 Å². The maximum atomic E-state index is 13.1. The van der Waals surface area contributed by atoms with Crippen molar-refractivity contribution >= 4 is 0 Å². The lowest BCUT2D eigenvalue weighted by atomic mass is 10.2. The van der Waals surface area contributed by atoms with Gasteiger partial charge in [-0.15, -0.1) is 0 Å². The zero-order valence-corrected chi connectivity index (χ0v) is 11.3. The molecule has 0 unspecified atom stereocenters. The number of nitrogens with one attached hydrogen (secondary N) is 1. The molecule has 0 saturated carbocycles. The first-order valence-corrected chi connectivity index (χ1v) is 6.39. The summed E-state index contributed by atoms with van der Waals surface area (Å²) >= 11 is 0. The highest BCUT2D eigenvalue weighted by Gasteiger charge is 2.06. The quantitative estimate of drug-likeness (QED) is 0.789. The highest BCUT2D eigenvalue weighted by molar-refractivity contribution is 5.26. The standard InChI is InChI=1S/C15H17FN2O2/c1-17-10-12-9-13(16)11-18-15(12)20-8-7-19-14-5-3-2-4-6-14/h2-6,9,11,17H,7-8,10H2,1H3. The lowest BCUT2D eigenvalue weighted by Gasteiger charge is -2.11. The summed E-state index contributed by atoms with van der Waals surface area (Å²) < 4.78 is 24.1. The number of halogens is 1. The van der Waals surface area contributed by atoms with Gasteiger partial charge in [0.15, 0.2) is 0 Å². The van der Waals surface area contributed by atoms with Crippen molar-refractivity contribution in [2.24, 2.45) is 0 Å². The van der Waals surface area contributed by atoms with Crippen LogP contribution in [0.1, 0.15) is 5.56 Å². The predicted octanol–water partition coefficient (Wildman–Crippen LogP) is 2.40. The molecule has 2 aromatic rings. The Morgan fingerprint density at radius 3 is 2.65 bits per heavy atom. The van der Waals surface area contributed by atoms with Crippen molar-refractivity contribution in [3.8, 4) is 11.6 Å². The molecule has 20 heavy (non-hydrogen) atoms. The Morgan fingerprint density at radius 2 is 1.90 bits per heavy atom. The number of rotatable bonds is 7. The van der Waals surface area contributed by atoms with Crippen LogP contribution in [0.25, 0.3) is 0 Å². The van der Waals surface area contributed by atoms with E-state index in [2.05, 4.69) is 10.3 Å². The number of aromatic nitrogens is 1. The van der Waals surface area contributed by atoms with Gasteiger partial charge in [-0.25, -0.2) is 9.37 Å². The van der Waals surface area contributed by atoms with Crippen molar-refractivity contribution in [2.45, 2.75) is 6.54 Å². The van der Waals surface area contributed by atoms with E-state index >= 15 is 0 Å². The summed E-state index contributed by atoms with van der Waals surface area (Å²) in [6.45, 7) is 1.26. The molecule has 1 heterocycles. The molecule has 0 saturated heterocycles. The van der Waals surface area contributed by atoms with Gasteiger partial charge in [-0.2, -0.15) is 0 Å². The van der Waals surface area contributed by atoms with Gasteiger partial charge >= 0.3 is 0 Å². The first-order chi connectivity index (χ1) is 9.79. The fourth-order valence-electron chi connectivity index (χ4n) is 1.73. The molecule has 0 fully saturated rings. The van der Waals surface area contributed by atoms with E-state index in [0.717, 1.165) is 11.9 Å². The third kappa shape index (κ3) is 4.20. The van der Waals surface area contributed by atoms with Gasteiger partial charge in [-0.3, -0.25) is 0 Å². The van der Waals surface area contributed by atoms with Crippen LogP contribution in [0.15, 0.2) is 42.6 Å². The lowest BCUT2D eigenvalue weighted by Crippen LogP contribution is -2.13. The molecule has 0 amide bonds. The molecule has 0 radical (unpaired) electrons. The SMILES string of the molecule is CNCc1cc(F)cnc1OCCOc1ccccc1. The molecule has 1 N–H and O–H groups in total. The van der Waals surface area contributed by atoms with Crippen LogP contribution in [0.2, 0.25) is 0 Å². The maximum absolute atomic E-state index is 13.1.